The van der Waals surface area contributed by atoms with Crippen molar-refractivity contribution in [3.63, 3.8) is 0 Å². The third-order valence-electron chi connectivity index (χ3n) is 4.61. The number of benzene rings is 2. The molecule has 0 aliphatic heterocycles. The van der Waals surface area contributed by atoms with E-state index < -0.39 is 35.6 Å². The highest BCUT2D eigenvalue weighted by atomic mass is 19.4. The zero-order valence-corrected chi connectivity index (χ0v) is 14.3. The fraction of sp³-hybridized carbons (Fsp3) is 0.316. The van der Waals surface area contributed by atoms with Crippen LogP contribution in [0.1, 0.15) is 40.2 Å². The first kappa shape index (κ1) is 20.0. The lowest BCUT2D eigenvalue weighted by Gasteiger charge is -2.37. The highest BCUT2D eigenvalue weighted by Gasteiger charge is 2.38. The molecule has 9 heteroatoms. The second-order valence-electron chi connectivity index (χ2n) is 6.42. The molecule has 0 aromatic heterocycles. The number of alkyl halides is 6. The smallest absolute Gasteiger partial charge is 0.406 e. The van der Waals surface area contributed by atoms with Gasteiger partial charge in [0.25, 0.3) is 5.91 Å². The molecule has 2 atom stereocenters. The zero-order valence-electron chi connectivity index (χ0n) is 14.3. The minimum Gasteiger partial charge on any atom is -0.406 e. The van der Waals surface area contributed by atoms with Crippen LogP contribution in [0.2, 0.25) is 0 Å². The molecule has 1 fully saturated rings. The van der Waals surface area contributed by atoms with Crippen molar-refractivity contribution in [2.24, 2.45) is 0 Å². The molecule has 1 aliphatic carbocycles. The fourth-order valence-corrected chi connectivity index (χ4v) is 3.16. The van der Waals surface area contributed by atoms with Gasteiger partial charge >= 0.3 is 12.5 Å². The molecule has 3 nitrogen and oxygen atoms in total. The number of halogens is 6. The summed E-state index contributed by atoms with van der Waals surface area (Å²) in [6.07, 6.45) is -8.22. The molecule has 2 aromatic rings. The number of carbonyl (C=O) groups is 1. The SMILES string of the molecule is O=C(N[C@@H]1CC[C@@H]1c1ccc(OC(F)(F)F)cc1)c1ccccc1C(F)(F)F. The van der Waals surface area contributed by atoms with Crippen LogP contribution in [0.25, 0.3) is 0 Å². The van der Waals surface area contributed by atoms with Crippen LogP contribution in [-0.2, 0) is 6.18 Å². The van der Waals surface area contributed by atoms with Crippen LogP contribution in [0.4, 0.5) is 26.3 Å². The normalized spacial score (nSPS) is 19.6. The maximum absolute atomic E-state index is 13.1. The quantitative estimate of drug-likeness (QED) is 0.706. The summed E-state index contributed by atoms with van der Waals surface area (Å²) in [6, 6.07) is 9.34. The maximum atomic E-state index is 13.1. The molecule has 3 rings (SSSR count). The molecule has 0 heterocycles. The minimum absolute atomic E-state index is 0.193. The summed E-state index contributed by atoms with van der Waals surface area (Å²) in [7, 11) is 0. The fourth-order valence-electron chi connectivity index (χ4n) is 3.16. The van der Waals surface area contributed by atoms with Crippen molar-refractivity contribution in [3.05, 3.63) is 65.2 Å². The number of hydrogen-bond donors (Lipinski definition) is 1. The van der Waals surface area contributed by atoms with Crippen LogP contribution in [0.5, 0.6) is 5.75 Å². The number of hydrogen-bond acceptors (Lipinski definition) is 2. The van der Waals surface area contributed by atoms with Gasteiger partial charge in [-0.25, -0.2) is 0 Å². The Balaban J connectivity index is 1.69. The number of ether oxygens (including phenoxy) is 1. The molecule has 0 radical (unpaired) electrons. The third kappa shape index (κ3) is 4.58. The molecular formula is C19H15F6NO2. The second kappa shape index (κ2) is 7.37. The molecule has 0 unspecified atom stereocenters. The van der Waals surface area contributed by atoms with E-state index in [1.165, 1.54) is 36.4 Å². The summed E-state index contributed by atoms with van der Waals surface area (Å²) in [5.41, 5.74) is -0.804. The van der Waals surface area contributed by atoms with Crippen LogP contribution in [0.15, 0.2) is 48.5 Å². The summed E-state index contributed by atoms with van der Waals surface area (Å²) in [4.78, 5) is 12.3. The van der Waals surface area contributed by atoms with Crippen LogP contribution in [0.3, 0.4) is 0 Å². The van der Waals surface area contributed by atoms with E-state index in [2.05, 4.69) is 10.1 Å². The average Bonchev–Trinajstić information content (AvgIpc) is 2.58. The second-order valence-corrected chi connectivity index (χ2v) is 6.42. The molecule has 150 valence electrons. The minimum atomic E-state index is -4.79. The van der Waals surface area contributed by atoms with Crippen molar-refractivity contribution in [1.82, 2.24) is 5.32 Å². The van der Waals surface area contributed by atoms with Crippen LogP contribution in [-0.4, -0.2) is 18.3 Å². The van der Waals surface area contributed by atoms with Crippen molar-refractivity contribution >= 4 is 5.91 Å². The Kier molecular flexibility index (Phi) is 5.27. The van der Waals surface area contributed by atoms with Gasteiger partial charge in [-0.2, -0.15) is 13.2 Å². The summed E-state index contributed by atoms with van der Waals surface area (Å²) < 4.78 is 79.6. The van der Waals surface area contributed by atoms with E-state index in [0.29, 0.717) is 18.4 Å². The first-order valence-electron chi connectivity index (χ1n) is 8.37. The standard InChI is InChI=1S/C19H15F6NO2/c20-18(21,22)15-4-2-1-3-14(15)17(27)26-16-10-9-13(16)11-5-7-12(8-6-11)28-19(23,24)25/h1-8,13,16H,9-10H2,(H,26,27)/t13-,16-/m1/s1. The van der Waals surface area contributed by atoms with Gasteiger partial charge in [-0.1, -0.05) is 24.3 Å². The van der Waals surface area contributed by atoms with E-state index in [4.69, 9.17) is 0 Å². The monoisotopic (exact) mass is 403 g/mol. The van der Waals surface area contributed by atoms with E-state index in [0.717, 1.165) is 12.1 Å². The van der Waals surface area contributed by atoms with Crippen molar-refractivity contribution in [3.8, 4) is 5.75 Å². The molecule has 28 heavy (non-hydrogen) atoms. The van der Waals surface area contributed by atoms with Gasteiger partial charge in [0.2, 0.25) is 0 Å². The van der Waals surface area contributed by atoms with Crippen molar-refractivity contribution < 1.29 is 35.9 Å². The van der Waals surface area contributed by atoms with Crippen LogP contribution < -0.4 is 10.1 Å². The summed E-state index contributed by atoms with van der Waals surface area (Å²) in [5, 5.41) is 2.60. The first-order chi connectivity index (χ1) is 13.0. The van der Waals surface area contributed by atoms with Gasteiger partial charge in [0.15, 0.2) is 0 Å². The Morgan fingerprint density at radius 1 is 0.929 bits per heavy atom. The lowest BCUT2D eigenvalue weighted by atomic mass is 9.75. The van der Waals surface area contributed by atoms with Gasteiger partial charge in [-0.3, -0.25) is 4.79 Å². The van der Waals surface area contributed by atoms with Gasteiger partial charge in [0.05, 0.1) is 11.1 Å². The molecule has 0 saturated heterocycles. The van der Waals surface area contributed by atoms with Gasteiger partial charge in [-0.15, -0.1) is 13.2 Å². The van der Waals surface area contributed by atoms with E-state index >= 15 is 0 Å². The van der Waals surface area contributed by atoms with Gasteiger partial charge < -0.3 is 10.1 Å². The first-order valence-corrected chi connectivity index (χ1v) is 8.37. The number of amides is 1. The highest BCUT2D eigenvalue weighted by molar-refractivity contribution is 5.96. The number of carbonyl (C=O) groups excluding carboxylic acids is 1. The maximum Gasteiger partial charge on any atom is 0.573 e. The molecule has 0 spiro atoms. The predicted octanol–water partition coefficient (Wildman–Crippen LogP) is 5.28. The molecule has 1 N–H and O–H groups in total. The van der Waals surface area contributed by atoms with E-state index in [1.807, 2.05) is 0 Å². The average molecular weight is 403 g/mol. The highest BCUT2D eigenvalue weighted by Crippen LogP contribution is 2.38. The topological polar surface area (TPSA) is 38.3 Å². The third-order valence-corrected chi connectivity index (χ3v) is 4.61. The number of nitrogens with one attached hydrogen (secondary N) is 1. The molecule has 1 saturated carbocycles. The Bertz CT molecular complexity index is 845. The zero-order chi connectivity index (χ0) is 20.5. The summed E-state index contributed by atoms with van der Waals surface area (Å²) >= 11 is 0. The van der Waals surface area contributed by atoms with E-state index in [1.54, 1.807) is 0 Å². The van der Waals surface area contributed by atoms with Gasteiger partial charge in [-0.05, 0) is 42.7 Å². The largest absolute Gasteiger partial charge is 0.573 e. The molecule has 1 aliphatic rings. The van der Waals surface area contributed by atoms with Crippen LogP contribution >= 0.6 is 0 Å². The van der Waals surface area contributed by atoms with Crippen LogP contribution in [0, 0.1) is 0 Å². The van der Waals surface area contributed by atoms with E-state index in [-0.39, 0.29) is 11.7 Å². The number of rotatable bonds is 4. The van der Waals surface area contributed by atoms with Crippen molar-refractivity contribution in [1.29, 1.82) is 0 Å². The lowest BCUT2D eigenvalue weighted by Crippen LogP contribution is -2.45. The summed E-state index contributed by atoms with van der Waals surface area (Å²) in [6.45, 7) is 0. The van der Waals surface area contributed by atoms with Gasteiger partial charge in [0, 0.05) is 12.0 Å². The van der Waals surface area contributed by atoms with Gasteiger partial charge in [0.1, 0.15) is 5.75 Å². The predicted molar refractivity (Wildman–Crippen MR) is 87.8 cm³/mol. The Morgan fingerprint density at radius 3 is 2.11 bits per heavy atom. The van der Waals surface area contributed by atoms with E-state index in [9.17, 15) is 31.1 Å². The molecule has 1 amide bonds. The van der Waals surface area contributed by atoms with Crippen molar-refractivity contribution in [2.75, 3.05) is 0 Å². The Hall–Kier alpha value is -2.71. The van der Waals surface area contributed by atoms with Crippen molar-refractivity contribution in [2.45, 2.75) is 37.3 Å². The molecule has 0 bridgehead atoms. The molecule has 2 aromatic carbocycles. The molecular weight excluding hydrogens is 388 g/mol. The Morgan fingerprint density at radius 2 is 1.57 bits per heavy atom. The summed E-state index contributed by atoms with van der Waals surface area (Å²) in [5.74, 6) is -1.39. The lowest BCUT2D eigenvalue weighted by molar-refractivity contribution is -0.274. The Labute approximate surface area is 156 Å².